The number of hydrogen-bond donors (Lipinski definition) is 1. The van der Waals surface area contributed by atoms with Crippen molar-refractivity contribution in [2.75, 3.05) is 6.54 Å². The molecule has 0 spiro atoms. The molecule has 0 saturated carbocycles. The summed E-state index contributed by atoms with van der Waals surface area (Å²) < 4.78 is 1.38. The number of carbonyl (C=O) groups is 1. The molecule has 1 aromatic rings. The van der Waals surface area contributed by atoms with E-state index in [1.165, 1.54) is 17.1 Å². The summed E-state index contributed by atoms with van der Waals surface area (Å²) >= 11 is 0. The lowest BCUT2D eigenvalue weighted by Crippen LogP contribution is -2.27. The van der Waals surface area contributed by atoms with Crippen LogP contribution in [0, 0.1) is 10.1 Å². The van der Waals surface area contributed by atoms with Gasteiger partial charge in [-0.15, -0.1) is 0 Å². The van der Waals surface area contributed by atoms with E-state index < -0.39 is 4.92 Å². The molecular weight excluding hydrogens is 200 g/mol. The predicted molar refractivity (Wildman–Crippen MR) is 52.2 cm³/mol. The molecule has 0 unspecified atom stereocenters. The number of nitrogens with zero attached hydrogens (tertiary/aromatic N) is 3. The van der Waals surface area contributed by atoms with Crippen molar-refractivity contribution in [1.82, 2.24) is 14.9 Å². The van der Waals surface area contributed by atoms with Gasteiger partial charge in [0, 0.05) is 6.54 Å². The molecule has 0 bridgehead atoms. The average molecular weight is 212 g/mol. The first kappa shape index (κ1) is 11.2. The van der Waals surface area contributed by atoms with Crippen molar-refractivity contribution in [1.29, 1.82) is 0 Å². The maximum atomic E-state index is 11.2. The van der Waals surface area contributed by atoms with E-state index >= 15 is 0 Å². The quantitative estimate of drug-likeness (QED) is 0.562. The summed E-state index contributed by atoms with van der Waals surface area (Å²) in [5, 5.41) is 13.0. The van der Waals surface area contributed by atoms with Gasteiger partial charge in [-0.3, -0.25) is 4.79 Å². The van der Waals surface area contributed by atoms with Crippen molar-refractivity contribution in [3.05, 3.63) is 22.6 Å². The zero-order valence-corrected chi connectivity index (χ0v) is 8.34. The lowest BCUT2D eigenvalue weighted by Gasteiger charge is -2.02. The van der Waals surface area contributed by atoms with Crippen molar-refractivity contribution in [2.24, 2.45) is 0 Å². The van der Waals surface area contributed by atoms with Crippen molar-refractivity contribution < 1.29 is 9.72 Å². The average Bonchev–Trinajstić information content (AvgIpc) is 2.63. The minimum absolute atomic E-state index is 0.0564. The Labute approximate surface area is 86.3 Å². The van der Waals surface area contributed by atoms with Crippen molar-refractivity contribution >= 4 is 11.7 Å². The van der Waals surface area contributed by atoms with Gasteiger partial charge in [0.25, 0.3) is 0 Å². The van der Waals surface area contributed by atoms with Gasteiger partial charge in [0.2, 0.25) is 12.2 Å². The predicted octanol–water partition coefficient (Wildman–Crippen LogP) is 0.317. The highest BCUT2D eigenvalue weighted by Gasteiger charge is 2.11. The zero-order chi connectivity index (χ0) is 11.3. The standard InChI is InChI=1S/C8H12N4O3/c1-2-3-9-8(13)5-11-4-7(10-6-11)12(14)15/h4,6H,2-3,5H2,1H3,(H,9,13). The number of hydrogen-bond acceptors (Lipinski definition) is 4. The number of rotatable bonds is 5. The SMILES string of the molecule is CCCNC(=O)Cn1cnc([N+](=O)[O-])c1. The van der Waals surface area contributed by atoms with E-state index in [2.05, 4.69) is 10.3 Å². The van der Waals surface area contributed by atoms with Gasteiger partial charge in [-0.1, -0.05) is 6.92 Å². The molecule has 82 valence electrons. The summed E-state index contributed by atoms with van der Waals surface area (Å²) in [6.45, 7) is 2.61. The van der Waals surface area contributed by atoms with Gasteiger partial charge >= 0.3 is 5.82 Å². The van der Waals surface area contributed by atoms with Crippen LogP contribution in [0.4, 0.5) is 5.82 Å². The summed E-state index contributed by atoms with van der Waals surface area (Å²) in [7, 11) is 0. The fraction of sp³-hybridized carbons (Fsp3) is 0.500. The third-order valence-electron chi connectivity index (χ3n) is 1.71. The second-order valence-corrected chi connectivity index (χ2v) is 3.01. The van der Waals surface area contributed by atoms with Gasteiger partial charge in [-0.05, 0) is 16.3 Å². The number of nitro groups is 1. The monoisotopic (exact) mass is 212 g/mol. The Morgan fingerprint density at radius 3 is 3.00 bits per heavy atom. The minimum Gasteiger partial charge on any atom is -0.358 e. The molecule has 1 amide bonds. The maximum Gasteiger partial charge on any atom is 0.381 e. The summed E-state index contributed by atoms with van der Waals surface area (Å²) in [6, 6.07) is 0. The number of amides is 1. The van der Waals surface area contributed by atoms with Crippen molar-refractivity contribution in [2.45, 2.75) is 19.9 Å². The molecule has 15 heavy (non-hydrogen) atoms. The van der Waals surface area contributed by atoms with Crippen LogP contribution < -0.4 is 5.32 Å². The molecular formula is C8H12N4O3. The van der Waals surface area contributed by atoms with E-state index in [9.17, 15) is 14.9 Å². The highest BCUT2D eigenvalue weighted by molar-refractivity contribution is 5.75. The van der Waals surface area contributed by atoms with Gasteiger partial charge in [-0.25, -0.2) is 0 Å². The van der Waals surface area contributed by atoms with Crippen LogP contribution in [-0.2, 0) is 11.3 Å². The largest absolute Gasteiger partial charge is 0.381 e. The summed E-state index contributed by atoms with van der Waals surface area (Å²) in [5.74, 6) is -0.428. The molecule has 1 rings (SSSR count). The molecule has 0 aliphatic rings. The Hall–Kier alpha value is -1.92. The Kier molecular flexibility index (Phi) is 3.78. The molecule has 0 radical (unpaired) electrons. The van der Waals surface area contributed by atoms with Gasteiger partial charge in [0.15, 0.2) is 0 Å². The normalized spacial score (nSPS) is 9.93. The Balaban J connectivity index is 2.50. The van der Waals surface area contributed by atoms with Crippen molar-refractivity contribution in [3.8, 4) is 0 Å². The lowest BCUT2D eigenvalue weighted by atomic mass is 10.4. The zero-order valence-electron chi connectivity index (χ0n) is 8.34. The molecule has 1 aromatic heterocycles. The smallest absolute Gasteiger partial charge is 0.358 e. The second kappa shape index (κ2) is 5.08. The third-order valence-corrected chi connectivity index (χ3v) is 1.71. The van der Waals surface area contributed by atoms with E-state index in [0.717, 1.165) is 6.42 Å². The molecule has 0 aliphatic heterocycles. The fourth-order valence-corrected chi connectivity index (χ4v) is 1.02. The van der Waals surface area contributed by atoms with Crippen LogP contribution in [0.15, 0.2) is 12.5 Å². The third kappa shape index (κ3) is 3.37. The van der Waals surface area contributed by atoms with Gasteiger partial charge < -0.3 is 20.0 Å². The van der Waals surface area contributed by atoms with E-state index in [1.54, 1.807) is 0 Å². The van der Waals surface area contributed by atoms with Crippen LogP contribution in [0.1, 0.15) is 13.3 Å². The number of imidazole rings is 1. The van der Waals surface area contributed by atoms with E-state index in [-0.39, 0.29) is 18.3 Å². The Bertz CT molecular complexity index is 361. The van der Waals surface area contributed by atoms with Gasteiger partial charge in [0.05, 0.1) is 0 Å². The van der Waals surface area contributed by atoms with Crippen LogP contribution in [-0.4, -0.2) is 26.9 Å². The Morgan fingerprint density at radius 2 is 2.47 bits per heavy atom. The lowest BCUT2D eigenvalue weighted by molar-refractivity contribution is -0.389. The first-order chi connectivity index (χ1) is 7.13. The molecule has 0 aromatic carbocycles. The first-order valence-corrected chi connectivity index (χ1v) is 4.56. The molecule has 0 aliphatic carbocycles. The minimum atomic E-state index is -0.597. The molecule has 0 atom stereocenters. The van der Waals surface area contributed by atoms with Gasteiger partial charge in [0.1, 0.15) is 12.7 Å². The van der Waals surface area contributed by atoms with E-state index in [4.69, 9.17) is 0 Å². The molecule has 0 saturated heterocycles. The number of nitrogens with one attached hydrogen (secondary N) is 1. The van der Waals surface area contributed by atoms with Crippen LogP contribution in [0.3, 0.4) is 0 Å². The second-order valence-electron chi connectivity index (χ2n) is 3.01. The highest BCUT2D eigenvalue weighted by atomic mass is 16.6. The molecule has 7 heteroatoms. The maximum absolute atomic E-state index is 11.2. The van der Waals surface area contributed by atoms with Crippen LogP contribution in [0.25, 0.3) is 0 Å². The first-order valence-electron chi connectivity index (χ1n) is 4.56. The number of carbonyl (C=O) groups excluding carboxylic acids is 1. The summed E-state index contributed by atoms with van der Waals surface area (Å²) in [6.07, 6.45) is 3.35. The highest BCUT2D eigenvalue weighted by Crippen LogP contribution is 2.04. The van der Waals surface area contributed by atoms with Crippen LogP contribution in [0.2, 0.25) is 0 Å². The van der Waals surface area contributed by atoms with Gasteiger partial charge in [-0.2, -0.15) is 0 Å². The summed E-state index contributed by atoms with van der Waals surface area (Å²) in [5.41, 5.74) is 0. The molecule has 0 fully saturated rings. The topological polar surface area (TPSA) is 90.1 Å². The summed E-state index contributed by atoms with van der Waals surface area (Å²) in [4.78, 5) is 24.5. The van der Waals surface area contributed by atoms with E-state index in [1.807, 2.05) is 6.92 Å². The Morgan fingerprint density at radius 1 is 1.73 bits per heavy atom. The number of aromatic nitrogens is 2. The van der Waals surface area contributed by atoms with E-state index in [0.29, 0.717) is 6.54 Å². The molecule has 1 N–H and O–H groups in total. The molecule has 7 nitrogen and oxygen atoms in total. The molecule has 1 heterocycles. The van der Waals surface area contributed by atoms with Crippen molar-refractivity contribution in [3.63, 3.8) is 0 Å². The fourth-order valence-electron chi connectivity index (χ4n) is 1.02. The van der Waals surface area contributed by atoms with Crippen LogP contribution in [0.5, 0.6) is 0 Å². The van der Waals surface area contributed by atoms with Crippen LogP contribution >= 0.6 is 0 Å².